The third kappa shape index (κ3) is 3.23. The van der Waals surface area contributed by atoms with Crippen molar-refractivity contribution < 1.29 is 0 Å². The molecule has 130 valence electrons. The first-order valence-corrected chi connectivity index (χ1v) is 8.66. The molecule has 2 heterocycles. The summed E-state index contributed by atoms with van der Waals surface area (Å²) in [5.74, 6) is 0. The number of aryl methyl sites for hydroxylation is 2. The number of hydrogen-bond donors (Lipinski definition) is 0. The fourth-order valence-corrected chi connectivity index (χ4v) is 3.03. The van der Waals surface area contributed by atoms with Crippen LogP contribution in [0.4, 0.5) is 0 Å². The molecule has 0 spiro atoms. The molecule has 0 N–H and O–H groups in total. The van der Waals surface area contributed by atoms with Crippen LogP contribution in [0.3, 0.4) is 0 Å². The summed E-state index contributed by atoms with van der Waals surface area (Å²) in [5.41, 5.74) is 2.62. The van der Waals surface area contributed by atoms with E-state index in [0.29, 0.717) is 23.8 Å². The largest absolute Gasteiger partial charge is 0.297 e. The van der Waals surface area contributed by atoms with E-state index in [1.165, 1.54) is 5.56 Å². The van der Waals surface area contributed by atoms with Crippen LogP contribution < -0.4 is 5.56 Å². The van der Waals surface area contributed by atoms with E-state index in [2.05, 4.69) is 15.3 Å². The molecular formula is C19H16ClN5O. The summed E-state index contributed by atoms with van der Waals surface area (Å²) in [4.78, 5) is 17.1. The summed E-state index contributed by atoms with van der Waals surface area (Å²) >= 11 is 6.20. The van der Waals surface area contributed by atoms with E-state index in [4.69, 9.17) is 11.6 Å². The third-order valence-corrected chi connectivity index (χ3v) is 4.62. The van der Waals surface area contributed by atoms with E-state index in [9.17, 15) is 4.79 Å². The molecule has 0 radical (unpaired) electrons. The van der Waals surface area contributed by atoms with Crippen LogP contribution in [-0.2, 0) is 19.5 Å². The lowest BCUT2D eigenvalue weighted by Crippen LogP contribution is -2.22. The highest BCUT2D eigenvalue weighted by Gasteiger charge is 2.13. The average Bonchev–Trinajstić information content (AvgIpc) is 3.08. The molecule has 0 atom stereocenters. The predicted octanol–water partition coefficient (Wildman–Crippen LogP) is 2.93. The molecule has 0 amide bonds. The maximum Gasteiger partial charge on any atom is 0.283 e. The van der Waals surface area contributed by atoms with Gasteiger partial charge in [0.05, 0.1) is 6.54 Å². The monoisotopic (exact) mass is 365 g/mol. The molecule has 0 aliphatic heterocycles. The maximum absolute atomic E-state index is 12.7. The molecular weight excluding hydrogens is 350 g/mol. The van der Waals surface area contributed by atoms with E-state index in [1.54, 1.807) is 15.6 Å². The molecule has 0 saturated carbocycles. The smallest absolute Gasteiger partial charge is 0.283 e. The van der Waals surface area contributed by atoms with Gasteiger partial charge in [-0.05, 0) is 23.6 Å². The van der Waals surface area contributed by atoms with Crippen LogP contribution in [-0.4, -0.2) is 24.5 Å². The van der Waals surface area contributed by atoms with Crippen molar-refractivity contribution in [2.75, 3.05) is 0 Å². The fourth-order valence-electron chi connectivity index (χ4n) is 2.84. The van der Waals surface area contributed by atoms with Crippen molar-refractivity contribution >= 4 is 22.8 Å². The minimum atomic E-state index is -0.184. The zero-order valence-electron chi connectivity index (χ0n) is 13.9. The van der Waals surface area contributed by atoms with Gasteiger partial charge < -0.3 is 0 Å². The van der Waals surface area contributed by atoms with Gasteiger partial charge in [0, 0.05) is 11.6 Å². The number of aromatic nitrogens is 5. The highest BCUT2D eigenvalue weighted by atomic mass is 35.5. The second kappa shape index (κ2) is 7.09. The number of fused-ring (bicyclic) bond motifs is 1. The second-order valence-corrected chi connectivity index (χ2v) is 6.40. The van der Waals surface area contributed by atoms with Gasteiger partial charge in [0.25, 0.3) is 5.56 Å². The summed E-state index contributed by atoms with van der Waals surface area (Å²) in [5, 5.41) is 8.76. The van der Waals surface area contributed by atoms with Crippen LogP contribution in [0.1, 0.15) is 11.1 Å². The quantitative estimate of drug-likeness (QED) is 0.545. The Labute approximate surface area is 154 Å². The lowest BCUT2D eigenvalue weighted by Gasteiger charge is -2.06. The third-order valence-electron chi connectivity index (χ3n) is 4.25. The number of hydrogen-bond acceptors (Lipinski definition) is 4. The number of nitrogens with zero attached hydrogens (tertiary/aromatic N) is 5. The molecule has 2 aromatic carbocycles. The van der Waals surface area contributed by atoms with E-state index in [1.807, 2.05) is 54.6 Å². The second-order valence-electron chi connectivity index (χ2n) is 5.99. The van der Waals surface area contributed by atoms with Gasteiger partial charge in [0.15, 0.2) is 11.2 Å². The normalized spacial score (nSPS) is 11.1. The van der Waals surface area contributed by atoms with Crippen molar-refractivity contribution in [3.8, 4) is 0 Å². The molecule has 0 aliphatic rings. The minimum Gasteiger partial charge on any atom is -0.297 e. The molecule has 4 rings (SSSR count). The highest BCUT2D eigenvalue weighted by molar-refractivity contribution is 6.31. The van der Waals surface area contributed by atoms with Crippen molar-refractivity contribution in [1.82, 2.24) is 24.5 Å². The Morgan fingerprint density at radius 3 is 2.58 bits per heavy atom. The van der Waals surface area contributed by atoms with Gasteiger partial charge in [-0.2, -0.15) is 0 Å². The minimum absolute atomic E-state index is 0.184. The molecule has 7 heteroatoms. The molecule has 26 heavy (non-hydrogen) atoms. The van der Waals surface area contributed by atoms with Crippen molar-refractivity contribution in [1.29, 1.82) is 0 Å². The summed E-state index contributed by atoms with van der Waals surface area (Å²) in [6, 6.07) is 17.5. The van der Waals surface area contributed by atoms with Crippen LogP contribution in [0, 0.1) is 0 Å². The zero-order valence-corrected chi connectivity index (χ0v) is 14.7. The van der Waals surface area contributed by atoms with Gasteiger partial charge in [-0.25, -0.2) is 9.67 Å². The van der Waals surface area contributed by atoms with Crippen LogP contribution in [0.15, 0.2) is 65.7 Å². The molecule has 6 nitrogen and oxygen atoms in total. The van der Waals surface area contributed by atoms with Crippen molar-refractivity contribution in [3.63, 3.8) is 0 Å². The maximum atomic E-state index is 12.7. The van der Waals surface area contributed by atoms with Crippen molar-refractivity contribution in [3.05, 3.63) is 87.4 Å². The first-order valence-electron chi connectivity index (χ1n) is 8.28. The lowest BCUT2D eigenvalue weighted by atomic mass is 10.1. The van der Waals surface area contributed by atoms with Gasteiger partial charge in [-0.15, -0.1) is 5.10 Å². The molecule has 2 aromatic heterocycles. The molecule has 0 fully saturated rings. The number of benzene rings is 2. The first kappa shape index (κ1) is 16.5. The predicted molar refractivity (Wildman–Crippen MR) is 100 cm³/mol. The Hall–Kier alpha value is -2.99. The van der Waals surface area contributed by atoms with Crippen LogP contribution in [0.2, 0.25) is 5.02 Å². The Morgan fingerprint density at radius 2 is 1.77 bits per heavy atom. The molecule has 0 unspecified atom stereocenters. The number of halogens is 1. The first-order chi connectivity index (χ1) is 12.7. The van der Waals surface area contributed by atoms with Gasteiger partial charge in [0.1, 0.15) is 6.33 Å². The zero-order chi connectivity index (χ0) is 17.9. The molecule has 4 aromatic rings. The standard InChI is InChI=1S/C19H16ClN5O/c20-16-9-5-4-8-15(16)12-25-18-17(22-23-25)19(26)24(13-21-18)11-10-14-6-2-1-3-7-14/h1-9,13H,10-12H2. The van der Waals surface area contributed by atoms with Gasteiger partial charge >= 0.3 is 0 Å². The summed E-state index contributed by atoms with van der Waals surface area (Å²) < 4.78 is 3.17. The Kier molecular flexibility index (Phi) is 4.50. The summed E-state index contributed by atoms with van der Waals surface area (Å²) in [6.07, 6.45) is 2.31. The van der Waals surface area contributed by atoms with Gasteiger partial charge in [-0.3, -0.25) is 9.36 Å². The Morgan fingerprint density at radius 1 is 1.00 bits per heavy atom. The topological polar surface area (TPSA) is 65.6 Å². The SMILES string of the molecule is O=c1c2nnn(Cc3ccccc3Cl)c2ncn1CCc1ccccc1. The molecule has 0 bridgehead atoms. The van der Waals surface area contributed by atoms with E-state index in [0.717, 1.165) is 12.0 Å². The van der Waals surface area contributed by atoms with E-state index < -0.39 is 0 Å². The van der Waals surface area contributed by atoms with Crippen molar-refractivity contribution in [2.45, 2.75) is 19.5 Å². The van der Waals surface area contributed by atoms with Gasteiger partial charge in [0.2, 0.25) is 0 Å². The van der Waals surface area contributed by atoms with Crippen molar-refractivity contribution in [2.24, 2.45) is 0 Å². The van der Waals surface area contributed by atoms with Gasteiger partial charge in [-0.1, -0.05) is 65.3 Å². The Bertz CT molecular complexity index is 1100. The Balaban J connectivity index is 1.61. The highest BCUT2D eigenvalue weighted by Crippen LogP contribution is 2.17. The van der Waals surface area contributed by atoms with Crippen LogP contribution >= 0.6 is 11.6 Å². The molecule has 0 aliphatic carbocycles. The number of rotatable bonds is 5. The summed E-state index contributed by atoms with van der Waals surface area (Å²) in [6.45, 7) is 0.958. The lowest BCUT2D eigenvalue weighted by molar-refractivity contribution is 0.653. The summed E-state index contributed by atoms with van der Waals surface area (Å²) in [7, 11) is 0. The van der Waals surface area contributed by atoms with Crippen LogP contribution in [0.25, 0.3) is 11.2 Å². The molecule has 0 saturated heterocycles. The van der Waals surface area contributed by atoms with Crippen LogP contribution in [0.5, 0.6) is 0 Å². The average molecular weight is 366 g/mol. The van der Waals surface area contributed by atoms with E-state index >= 15 is 0 Å². The fraction of sp³-hybridized carbons (Fsp3) is 0.158. The van der Waals surface area contributed by atoms with E-state index in [-0.39, 0.29) is 11.1 Å².